The van der Waals surface area contributed by atoms with E-state index in [-0.39, 0.29) is 12.3 Å². The van der Waals surface area contributed by atoms with Gasteiger partial charge in [0.15, 0.2) is 0 Å². The van der Waals surface area contributed by atoms with Crippen LogP contribution in [0.1, 0.15) is 32.3 Å². The van der Waals surface area contributed by atoms with E-state index in [4.69, 9.17) is 9.57 Å². The van der Waals surface area contributed by atoms with Crippen molar-refractivity contribution in [3.63, 3.8) is 0 Å². The van der Waals surface area contributed by atoms with Crippen molar-refractivity contribution in [3.05, 3.63) is 75.1 Å². The van der Waals surface area contributed by atoms with E-state index in [0.29, 0.717) is 33.8 Å². The highest BCUT2D eigenvalue weighted by Gasteiger charge is 2.35. The fourth-order valence-corrected chi connectivity index (χ4v) is 3.21. The van der Waals surface area contributed by atoms with Crippen molar-refractivity contribution in [3.8, 4) is 0 Å². The van der Waals surface area contributed by atoms with E-state index in [2.05, 4.69) is 17.1 Å². The Kier molecular flexibility index (Phi) is 6.84. The van der Waals surface area contributed by atoms with E-state index in [1.165, 1.54) is 19.2 Å². The quantitative estimate of drug-likeness (QED) is 0.253. The van der Waals surface area contributed by atoms with Gasteiger partial charge in [0, 0.05) is 40.7 Å². The highest BCUT2D eigenvalue weighted by atomic mass is 16.6. The van der Waals surface area contributed by atoms with Gasteiger partial charge in [-0.15, -0.1) is 6.58 Å². The summed E-state index contributed by atoms with van der Waals surface area (Å²) in [6.45, 7) is 9.19. The summed E-state index contributed by atoms with van der Waals surface area (Å²) in [4.78, 5) is 33.1. The van der Waals surface area contributed by atoms with Gasteiger partial charge in [-0.05, 0) is 26.3 Å². The van der Waals surface area contributed by atoms with Gasteiger partial charge < -0.3 is 4.74 Å². The number of non-ortho nitro benzene ring substituents is 1. The van der Waals surface area contributed by atoms with Crippen LogP contribution >= 0.6 is 0 Å². The number of ether oxygens (including phenoxy) is 1. The lowest BCUT2D eigenvalue weighted by Crippen LogP contribution is -2.27. The maximum atomic E-state index is 12.5. The van der Waals surface area contributed by atoms with E-state index in [9.17, 15) is 14.9 Å². The molecule has 2 rings (SSSR count). The lowest BCUT2D eigenvalue weighted by Gasteiger charge is -2.29. The summed E-state index contributed by atoms with van der Waals surface area (Å²) in [6.07, 6.45) is 1.59. The normalized spacial score (nSPS) is 18.3. The molecule has 0 spiro atoms. The number of aliphatic imine (C=N–C) groups is 1. The summed E-state index contributed by atoms with van der Waals surface area (Å²) in [5.74, 6) is -1.13. The van der Waals surface area contributed by atoms with Crippen molar-refractivity contribution in [2.45, 2.75) is 26.7 Å². The molecule has 8 heteroatoms. The molecule has 0 aliphatic carbocycles. The third-order valence-corrected chi connectivity index (χ3v) is 4.34. The van der Waals surface area contributed by atoms with Gasteiger partial charge in [0.2, 0.25) is 0 Å². The second-order valence-corrected chi connectivity index (χ2v) is 6.21. The van der Waals surface area contributed by atoms with Crippen molar-refractivity contribution >= 4 is 17.4 Å². The molecular weight excluding hydrogens is 362 g/mol. The molecule has 0 saturated carbocycles. The molecule has 1 atom stereocenters. The Labute approximate surface area is 163 Å². The molecule has 1 heterocycles. The summed E-state index contributed by atoms with van der Waals surface area (Å²) < 4.78 is 4.96. The zero-order chi connectivity index (χ0) is 20.8. The maximum Gasteiger partial charge on any atom is 0.336 e. The molecule has 1 N–H and O–H groups in total. The Bertz CT molecular complexity index is 899. The van der Waals surface area contributed by atoms with Crippen molar-refractivity contribution in [2.24, 2.45) is 4.99 Å². The summed E-state index contributed by atoms with van der Waals surface area (Å²) >= 11 is 0. The van der Waals surface area contributed by atoms with Crippen LogP contribution in [0.5, 0.6) is 0 Å². The van der Waals surface area contributed by atoms with Gasteiger partial charge in [0.1, 0.15) is 0 Å². The van der Waals surface area contributed by atoms with Crippen LogP contribution in [0, 0.1) is 10.1 Å². The maximum absolute atomic E-state index is 12.5. The zero-order valence-corrected chi connectivity index (χ0v) is 16.3. The van der Waals surface area contributed by atoms with Crippen molar-refractivity contribution < 1.29 is 19.3 Å². The predicted octanol–water partition coefficient (Wildman–Crippen LogP) is 3.58. The molecule has 0 bridgehead atoms. The first-order valence-electron chi connectivity index (χ1n) is 8.60. The number of esters is 1. The number of carbonyl (C=O) groups excluding carboxylic acids is 1. The molecule has 148 valence electrons. The van der Waals surface area contributed by atoms with Crippen molar-refractivity contribution in [1.29, 1.82) is 0 Å². The van der Waals surface area contributed by atoms with Gasteiger partial charge in [-0.2, -0.15) is 0 Å². The number of hydroxylamine groups is 1. The Morgan fingerprint density at radius 1 is 1.43 bits per heavy atom. The number of carbonyl (C=O) groups is 1. The SMILES string of the molecule is C=CCON/C(C)=C1\C(C)=NC(C)=C(C(=O)OC)C1c1cccc([N+](=O)[O-])c1. The standard InChI is InChI=1S/C20H23N3O5/c1-6-10-28-22-14(4)17-12(2)21-13(3)18(20(24)27-5)19(17)15-8-7-9-16(11-15)23(25)26/h6-9,11,19,22H,1,10H2,2-5H3/b17-14+. The van der Waals surface area contributed by atoms with E-state index < -0.39 is 16.8 Å². The molecule has 1 aliphatic rings. The molecule has 8 nitrogen and oxygen atoms in total. The molecule has 1 aliphatic heterocycles. The number of allylic oxidation sites excluding steroid dienone is 3. The summed E-state index contributed by atoms with van der Waals surface area (Å²) in [5, 5.41) is 11.3. The number of nitro benzene ring substituents is 1. The van der Waals surface area contributed by atoms with E-state index in [0.717, 1.165) is 0 Å². The topological polar surface area (TPSA) is 103 Å². The third kappa shape index (κ3) is 4.34. The van der Waals surface area contributed by atoms with Gasteiger partial charge in [-0.25, -0.2) is 4.79 Å². The lowest BCUT2D eigenvalue weighted by molar-refractivity contribution is -0.384. The predicted molar refractivity (Wildman–Crippen MR) is 106 cm³/mol. The van der Waals surface area contributed by atoms with Gasteiger partial charge in [0.25, 0.3) is 5.69 Å². The van der Waals surface area contributed by atoms with Gasteiger partial charge in [-0.3, -0.25) is 25.4 Å². The summed E-state index contributed by atoms with van der Waals surface area (Å²) in [6, 6.07) is 6.19. The molecule has 1 aromatic carbocycles. The number of benzene rings is 1. The second kappa shape index (κ2) is 9.09. The van der Waals surface area contributed by atoms with Crippen LogP contribution in [0.4, 0.5) is 5.69 Å². The smallest absolute Gasteiger partial charge is 0.336 e. The third-order valence-electron chi connectivity index (χ3n) is 4.34. The number of nitrogens with one attached hydrogen (secondary N) is 1. The van der Waals surface area contributed by atoms with Gasteiger partial charge in [-0.1, -0.05) is 18.2 Å². The molecule has 0 amide bonds. The Morgan fingerprint density at radius 2 is 2.14 bits per heavy atom. The molecule has 0 aromatic heterocycles. The number of hydrogen-bond donors (Lipinski definition) is 1. The first kappa shape index (κ1) is 21.0. The largest absolute Gasteiger partial charge is 0.466 e. The van der Waals surface area contributed by atoms with Crippen molar-refractivity contribution in [2.75, 3.05) is 13.7 Å². The first-order valence-corrected chi connectivity index (χ1v) is 8.60. The molecule has 0 radical (unpaired) electrons. The van der Waals surface area contributed by atoms with Crippen LogP contribution in [-0.4, -0.2) is 30.3 Å². The van der Waals surface area contributed by atoms with E-state index in [1.807, 2.05) is 6.92 Å². The Morgan fingerprint density at radius 3 is 2.75 bits per heavy atom. The molecule has 0 fully saturated rings. The monoisotopic (exact) mass is 385 g/mol. The van der Waals surface area contributed by atoms with Crippen LogP contribution in [0.3, 0.4) is 0 Å². The number of rotatable bonds is 7. The number of methoxy groups -OCH3 is 1. The summed E-state index contributed by atoms with van der Waals surface area (Å²) in [7, 11) is 1.29. The minimum Gasteiger partial charge on any atom is -0.466 e. The van der Waals surface area contributed by atoms with E-state index in [1.54, 1.807) is 32.1 Å². The van der Waals surface area contributed by atoms with E-state index >= 15 is 0 Å². The van der Waals surface area contributed by atoms with Crippen LogP contribution in [-0.2, 0) is 14.4 Å². The number of hydrogen-bond acceptors (Lipinski definition) is 7. The second-order valence-electron chi connectivity index (χ2n) is 6.21. The minimum absolute atomic E-state index is 0.0626. The molecular formula is C20H23N3O5. The fraction of sp³-hybridized carbons (Fsp3) is 0.300. The Balaban J connectivity index is 2.69. The minimum atomic E-state index is -0.593. The lowest BCUT2D eigenvalue weighted by atomic mass is 9.79. The molecule has 1 aromatic rings. The van der Waals surface area contributed by atoms with Crippen LogP contribution in [0.15, 0.2) is 64.5 Å². The van der Waals surface area contributed by atoms with Crippen LogP contribution < -0.4 is 5.48 Å². The molecule has 0 saturated heterocycles. The molecule has 1 unspecified atom stereocenters. The van der Waals surface area contributed by atoms with Gasteiger partial charge >= 0.3 is 5.97 Å². The average molecular weight is 385 g/mol. The zero-order valence-electron chi connectivity index (χ0n) is 16.3. The number of nitro groups is 1. The van der Waals surface area contributed by atoms with Gasteiger partial charge in [0.05, 0.1) is 24.2 Å². The highest BCUT2D eigenvalue weighted by Crippen LogP contribution is 2.40. The number of nitrogens with zero attached hydrogens (tertiary/aromatic N) is 2. The first-order chi connectivity index (χ1) is 13.3. The highest BCUT2D eigenvalue weighted by molar-refractivity contribution is 6.06. The molecule has 28 heavy (non-hydrogen) atoms. The van der Waals surface area contributed by atoms with Crippen LogP contribution in [0.25, 0.3) is 0 Å². The fourth-order valence-electron chi connectivity index (χ4n) is 3.21. The average Bonchev–Trinajstić information content (AvgIpc) is 2.67. The van der Waals surface area contributed by atoms with Crippen molar-refractivity contribution in [1.82, 2.24) is 5.48 Å². The summed E-state index contributed by atoms with van der Waals surface area (Å²) in [5.41, 5.74) is 6.19. The Hall–Kier alpha value is -3.26. The van der Waals surface area contributed by atoms with Crippen LogP contribution in [0.2, 0.25) is 0 Å².